The van der Waals surface area contributed by atoms with Crippen molar-refractivity contribution in [2.45, 2.75) is 6.42 Å². The zero-order valence-corrected chi connectivity index (χ0v) is 9.50. The highest BCUT2D eigenvalue weighted by atomic mass is 32.2. The molecule has 0 aromatic heterocycles. The monoisotopic (exact) mass is 222 g/mol. The fraction of sp³-hybridized carbons (Fsp3) is 0.250. The molecular weight excluding hydrogens is 208 g/mol. The molecule has 0 fully saturated rings. The number of carbonyl (C=O) groups is 1. The molecular formula is C12H14O2S. The van der Waals surface area contributed by atoms with Crippen LogP contribution in [0.15, 0.2) is 36.4 Å². The van der Waals surface area contributed by atoms with Gasteiger partial charge in [-0.15, -0.1) is 0 Å². The molecule has 15 heavy (non-hydrogen) atoms. The van der Waals surface area contributed by atoms with Gasteiger partial charge in [-0.1, -0.05) is 36.4 Å². The zero-order chi connectivity index (χ0) is 11.1. The van der Waals surface area contributed by atoms with Crippen molar-refractivity contribution in [2.75, 3.05) is 12.0 Å². The van der Waals surface area contributed by atoms with Gasteiger partial charge < -0.3 is 0 Å². The van der Waals surface area contributed by atoms with Crippen molar-refractivity contribution < 1.29 is 9.00 Å². The molecule has 0 saturated carbocycles. The van der Waals surface area contributed by atoms with Crippen molar-refractivity contribution in [1.82, 2.24) is 0 Å². The van der Waals surface area contributed by atoms with Crippen molar-refractivity contribution in [3.8, 4) is 0 Å². The lowest BCUT2D eigenvalue weighted by Gasteiger charge is -1.93. The summed E-state index contributed by atoms with van der Waals surface area (Å²) in [5, 5.41) is 0. The van der Waals surface area contributed by atoms with Gasteiger partial charge in [-0.2, -0.15) is 0 Å². The Kier molecular flexibility index (Phi) is 4.98. The first-order chi connectivity index (χ1) is 7.18. The van der Waals surface area contributed by atoms with Crippen molar-refractivity contribution in [1.29, 1.82) is 0 Å². The van der Waals surface area contributed by atoms with E-state index >= 15 is 0 Å². The molecule has 0 radical (unpaired) electrons. The highest BCUT2D eigenvalue weighted by Crippen LogP contribution is 2.01. The Balaban J connectivity index is 2.44. The lowest BCUT2D eigenvalue weighted by atomic mass is 10.2. The van der Waals surface area contributed by atoms with Gasteiger partial charge in [0.15, 0.2) is 5.78 Å². The Morgan fingerprint density at radius 2 is 2.00 bits per heavy atom. The van der Waals surface area contributed by atoms with E-state index in [1.165, 1.54) is 0 Å². The number of benzene rings is 1. The molecule has 2 nitrogen and oxygen atoms in total. The molecule has 0 aliphatic carbocycles. The molecule has 1 unspecified atom stereocenters. The van der Waals surface area contributed by atoms with Crippen LogP contribution in [0.2, 0.25) is 0 Å². The van der Waals surface area contributed by atoms with E-state index < -0.39 is 10.8 Å². The van der Waals surface area contributed by atoms with E-state index in [2.05, 4.69) is 0 Å². The van der Waals surface area contributed by atoms with E-state index in [0.29, 0.717) is 12.2 Å². The number of hydrogen-bond donors (Lipinski definition) is 0. The molecule has 1 atom stereocenters. The van der Waals surface area contributed by atoms with Gasteiger partial charge in [0.05, 0.1) is 0 Å². The highest BCUT2D eigenvalue weighted by molar-refractivity contribution is 7.84. The summed E-state index contributed by atoms with van der Waals surface area (Å²) >= 11 is 0. The molecule has 1 aromatic carbocycles. The first-order valence-corrected chi connectivity index (χ1v) is 6.47. The quantitative estimate of drug-likeness (QED) is 0.714. The predicted molar refractivity (Wildman–Crippen MR) is 64.0 cm³/mol. The number of allylic oxidation sites excluding steroid dienone is 1. The van der Waals surface area contributed by atoms with Crippen molar-refractivity contribution in [3.05, 3.63) is 42.0 Å². The van der Waals surface area contributed by atoms with Gasteiger partial charge in [-0.3, -0.25) is 9.00 Å². The summed E-state index contributed by atoms with van der Waals surface area (Å²) in [6.07, 6.45) is 5.28. The largest absolute Gasteiger partial charge is 0.295 e. The fourth-order valence-electron chi connectivity index (χ4n) is 1.08. The van der Waals surface area contributed by atoms with Gasteiger partial charge in [0.1, 0.15) is 0 Å². The lowest BCUT2D eigenvalue weighted by molar-refractivity contribution is -0.114. The third kappa shape index (κ3) is 5.27. The minimum absolute atomic E-state index is 0.0223. The first kappa shape index (κ1) is 11.9. The highest BCUT2D eigenvalue weighted by Gasteiger charge is 1.98. The van der Waals surface area contributed by atoms with Gasteiger partial charge in [0, 0.05) is 29.2 Å². The second kappa shape index (κ2) is 6.30. The normalized spacial score (nSPS) is 12.9. The van der Waals surface area contributed by atoms with E-state index in [1.54, 1.807) is 18.4 Å². The van der Waals surface area contributed by atoms with Gasteiger partial charge in [-0.25, -0.2) is 0 Å². The molecule has 3 heteroatoms. The van der Waals surface area contributed by atoms with Crippen LogP contribution in [-0.2, 0) is 15.6 Å². The Morgan fingerprint density at radius 1 is 1.33 bits per heavy atom. The predicted octanol–water partition coefficient (Wildman–Crippen LogP) is 2.04. The molecule has 1 rings (SSSR count). The van der Waals surface area contributed by atoms with E-state index in [9.17, 15) is 9.00 Å². The maximum absolute atomic E-state index is 11.3. The maximum atomic E-state index is 11.3. The lowest BCUT2D eigenvalue weighted by Crippen LogP contribution is -2.01. The average Bonchev–Trinajstić information content (AvgIpc) is 2.25. The number of rotatable bonds is 5. The molecule has 1 aromatic rings. The number of hydrogen-bond acceptors (Lipinski definition) is 2. The fourth-order valence-corrected chi connectivity index (χ4v) is 1.57. The second-order valence-corrected chi connectivity index (χ2v) is 4.79. The van der Waals surface area contributed by atoms with E-state index in [0.717, 1.165) is 5.56 Å². The van der Waals surface area contributed by atoms with Gasteiger partial charge >= 0.3 is 0 Å². The molecule has 0 bridgehead atoms. The topological polar surface area (TPSA) is 34.1 Å². The summed E-state index contributed by atoms with van der Waals surface area (Å²) in [6, 6.07) is 9.64. The second-order valence-electron chi connectivity index (χ2n) is 3.24. The molecule has 0 N–H and O–H groups in total. The standard InChI is InChI=1S/C12H14O2S/c1-15(14)10-9-12(13)8-7-11-5-3-2-4-6-11/h2-8H,9-10H2,1H3/b8-7+. The summed E-state index contributed by atoms with van der Waals surface area (Å²) in [7, 11) is -0.889. The van der Waals surface area contributed by atoms with Crippen LogP contribution >= 0.6 is 0 Å². The molecule has 0 aliphatic rings. The molecule has 0 spiro atoms. The van der Waals surface area contributed by atoms with Crippen LogP contribution in [0.5, 0.6) is 0 Å². The Bertz CT molecular complexity index is 368. The minimum Gasteiger partial charge on any atom is -0.295 e. The average molecular weight is 222 g/mol. The van der Waals surface area contributed by atoms with E-state index in [1.807, 2.05) is 30.3 Å². The summed E-state index contributed by atoms with van der Waals surface area (Å²) in [5.41, 5.74) is 1.00. The van der Waals surface area contributed by atoms with Crippen molar-refractivity contribution >= 4 is 22.7 Å². The van der Waals surface area contributed by atoms with Crippen LogP contribution in [0.1, 0.15) is 12.0 Å². The minimum atomic E-state index is -0.889. The summed E-state index contributed by atoms with van der Waals surface area (Å²) < 4.78 is 10.8. The Labute approximate surface area is 92.5 Å². The first-order valence-electron chi connectivity index (χ1n) is 4.74. The van der Waals surface area contributed by atoms with Crippen LogP contribution in [0, 0.1) is 0 Å². The van der Waals surface area contributed by atoms with Crippen molar-refractivity contribution in [3.63, 3.8) is 0 Å². The van der Waals surface area contributed by atoms with Gasteiger partial charge in [0.2, 0.25) is 0 Å². The number of ketones is 1. The molecule has 0 saturated heterocycles. The zero-order valence-electron chi connectivity index (χ0n) is 8.68. The van der Waals surface area contributed by atoms with E-state index in [-0.39, 0.29) is 5.78 Å². The van der Waals surface area contributed by atoms with Crippen LogP contribution in [0.3, 0.4) is 0 Å². The van der Waals surface area contributed by atoms with Crippen molar-refractivity contribution in [2.24, 2.45) is 0 Å². The smallest absolute Gasteiger partial charge is 0.156 e. The number of carbonyl (C=O) groups excluding carboxylic acids is 1. The van der Waals surface area contributed by atoms with Crippen LogP contribution in [0.25, 0.3) is 6.08 Å². The van der Waals surface area contributed by atoms with Gasteiger partial charge in [-0.05, 0) is 11.6 Å². The van der Waals surface area contributed by atoms with Gasteiger partial charge in [0.25, 0.3) is 0 Å². The molecule has 0 aliphatic heterocycles. The third-order valence-corrected chi connectivity index (χ3v) is 2.68. The Morgan fingerprint density at radius 3 is 2.60 bits per heavy atom. The van der Waals surface area contributed by atoms with Crippen LogP contribution in [0.4, 0.5) is 0 Å². The van der Waals surface area contributed by atoms with Crippen LogP contribution in [-0.4, -0.2) is 22.0 Å². The SMILES string of the molecule is CS(=O)CCC(=O)/C=C/c1ccccc1. The van der Waals surface area contributed by atoms with E-state index in [4.69, 9.17) is 0 Å². The molecule has 80 valence electrons. The Hall–Kier alpha value is -1.22. The summed E-state index contributed by atoms with van der Waals surface area (Å²) in [4.78, 5) is 11.3. The summed E-state index contributed by atoms with van der Waals surface area (Å²) in [5.74, 6) is 0.465. The molecule has 0 heterocycles. The summed E-state index contributed by atoms with van der Waals surface area (Å²) in [6.45, 7) is 0. The third-order valence-electron chi connectivity index (χ3n) is 1.90. The maximum Gasteiger partial charge on any atom is 0.156 e. The van der Waals surface area contributed by atoms with Crippen LogP contribution < -0.4 is 0 Å². The molecule has 0 amide bonds.